The molecule has 0 aliphatic heterocycles. The summed E-state index contributed by atoms with van der Waals surface area (Å²) < 4.78 is 0.812. The van der Waals surface area contributed by atoms with Gasteiger partial charge in [0.15, 0.2) is 0 Å². The fraction of sp³-hybridized carbons (Fsp3) is 0. The summed E-state index contributed by atoms with van der Waals surface area (Å²) in [7, 11) is 0. The van der Waals surface area contributed by atoms with Crippen molar-refractivity contribution in [1.29, 1.82) is 0 Å². The minimum Gasteiger partial charge on any atom is -0.277 e. The minimum atomic E-state index is 0.812. The van der Waals surface area contributed by atoms with Crippen molar-refractivity contribution in [1.82, 2.24) is 10.2 Å². The molecule has 1 N–H and O–H groups in total. The van der Waals surface area contributed by atoms with Crippen LogP contribution >= 0.6 is 15.9 Å². The van der Waals surface area contributed by atoms with Gasteiger partial charge in [-0.25, -0.2) is 0 Å². The van der Waals surface area contributed by atoms with Gasteiger partial charge in [-0.3, -0.25) is 5.10 Å². The van der Waals surface area contributed by atoms with Gasteiger partial charge in [0.25, 0.3) is 0 Å². The normalized spacial score (nSPS) is 9.12. The van der Waals surface area contributed by atoms with Crippen molar-refractivity contribution in [3.05, 3.63) is 22.9 Å². The van der Waals surface area contributed by atoms with Gasteiger partial charge < -0.3 is 0 Å². The summed E-state index contributed by atoms with van der Waals surface area (Å²) >= 11 is 3.18. The molecule has 8 heavy (non-hydrogen) atoms. The Bertz CT molecular complexity index is 192. The van der Waals surface area contributed by atoms with Gasteiger partial charge in [-0.15, -0.1) is 0 Å². The summed E-state index contributed by atoms with van der Waals surface area (Å²) in [6, 6.07) is 1.85. The average molecular weight is 173 g/mol. The fourth-order valence-electron chi connectivity index (χ4n) is 0.415. The van der Waals surface area contributed by atoms with Crippen molar-refractivity contribution < 1.29 is 0 Å². The predicted molar refractivity (Wildman–Crippen MR) is 36.4 cm³/mol. The molecule has 0 aromatic carbocycles. The van der Waals surface area contributed by atoms with E-state index in [1.807, 2.05) is 6.07 Å². The topological polar surface area (TPSA) is 28.7 Å². The number of nitrogens with zero attached hydrogens (tertiary/aromatic N) is 1. The molecule has 0 fully saturated rings. The molecule has 0 bridgehead atoms. The summed E-state index contributed by atoms with van der Waals surface area (Å²) in [5.74, 6) is 0. The van der Waals surface area contributed by atoms with E-state index >= 15 is 0 Å². The first kappa shape index (κ1) is 5.56. The number of hydrogen-bond acceptors (Lipinski definition) is 1. The maximum absolute atomic E-state index is 3.81. The van der Waals surface area contributed by atoms with Gasteiger partial charge in [-0.05, 0) is 28.1 Å². The Morgan fingerprint density at radius 2 is 2.62 bits per heavy atom. The Kier molecular flexibility index (Phi) is 1.48. The van der Waals surface area contributed by atoms with Crippen LogP contribution in [0.3, 0.4) is 0 Å². The van der Waals surface area contributed by atoms with Crippen LogP contribution in [-0.2, 0) is 0 Å². The summed E-state index contributed by atoms with van der Waals surface area (Å²) in [5.41, 5.74) is 0.928. The molecular weight excluding hydrogens is 168 g/mol. The van der Waals surface area contributed by atoms with Crippen molar-refractivity contribution >= 4 is 22.0 Å². The zero-order valence-electron chi connectivity index (χ0n) is 4.19. The zero-order valence-corrected chi connectivity index (χ0v) is 5.77. The van der Waals surface area contributed by atoms with E-state index in [2.05, 4.69) is 32.7 Å². The molecule has 1 heterocycles. The van der Waals surface area contributed by atoms with E-state index in [0.717, 1.165) is 10.3 Å². The quantitative estimate of drug-likeness (QED) is 0.689. The highest BCUT2D eigenvalue weighted by Gasteiger charge is 1.88. The third-order valence-corrected chi connectivity index (χ3v) is 1.19. The summed E-state index contributed by atoms with van der Waals surface area (Å²) in [4.78, 5) is 0. The monoisotopic (exact) mass is 172 g/mol. The first-order valence-electron chi connectivity index (χ1n) is 2.16. The van der Waals surface area contributed by atoms with E-state index in [4.69, 9.17) is 0 Å². The number of rotatable bonds is 1. The second-order valence-electron chi connectivity index (χ2n) is 1.35. The van der Waals surface area contributed by atoms with E-state index in [-0.39, 0.29) is 0 Å². The first-order valence-corrected chi connectivity index (χ1v) is 2.95. The molecule has 1 rings (SSSR count). The Morgan fingerprint density at radius 3 is 2.88 bits per heavy atom. The van der Waals surface area contributed by atoms with E-state index in [0.29, 0.717) is 0 Å². The lowest BCUT2D eigenvalue weighted by Crippen LogP contribution is -1.66. The maximum Gasteiger partial charge on any atom is 0.128 e. The van der Waals surface area contributed by atoms with E-state index in [1.165, 1.54) is 0 Å². The smallest absolute Gasteiger partial charge is 0.128 e. The molecule has 3 heteroatoms. The highest BCUT2D eigenvalue weighted by molar-refractivity contribution is 9.10. The third-order valence-electron chi connectivity index (χ3n) is 0.786. The summed E-state index contributed by atoms with van der Waals surface area (Å²) in [6.07, 6.45) is 1.71. The Morgan fingerprint density at radius 1 is 1.88 bits per heavy atom. The second-order valence-corrected chi connectivity index (χ2v) is 2.16. The molecular formula is C5H5BrN2. The fourth-order valence-corrected chi connectivity index (χ4v) is 0.751. The first-order chi connectivity index (χ1) is 3.83. The number of H-pyrrole nitrogens is 1. The van der Waals surface area contributed by atoms with Crippen molar-refractivity contribution in [2.45, 2.75) is 0 Å². The van der Waals surface area contributed by atoms with Gasteiger partial charge in [0.1, 0.15) is 4.60 Å². The van der Waals surface area contributed by atoms with Crippen molar-refractivity contribution in [3.63, 3.8) is 0 Å². The minimum absolute atomic E-state index is 0.812. The van der Waals surface area contributed by atoms with Crippen LogP contribution in [0.4, 0.5) is 0 Å². The summed E-state index contributed by atoms with van der Waals surface area (Å²) in [5, 5.41) is 6.55. The van der Waals surface area contributed by atoms with Crippen molar-refractivity contribution in [3.8, 4) is 0 Å². The van der Waals surface area contributed by atoms with Crippen LogP contribution in [0.15, 0.2) is 17.2 Å². The molecule has 0 saturated heterocycles. The van der Waals surface area contributed by atoms with Gasteiger partial charge in [-0.1, -0.05) is 6.58 Å². The molecule has 1 aromatic heterocycles. The van der Waals surface area contributed by atoms with Crippen molar-refractivity contribution in [2.75, 3.05) is 0 Å². The van der Waals surface area contributed by atoms with Crippen LogP contribution in [0, 0.1) is 0 Å². The SMILES string of the molecule is C=Cc1cc(Br)n[nH]1. The maximum atomic E-state index is 3.81. The standard InChI is InChI=1S/C5H5BrN2/c1-2-4-3-5(6)8-7-4/h2-3H,1H2,(H,7,8). The molecule has 42 valence electrons. The number of halogens is 1. The van der Waals surface area contributed by atoms with Gasteiger partial charge in [0.05, 0.1) is 5.69 Å². The number of aromatic amines is 1. The van der Waals surface area contributed by atoms with Gasteiger partial charge >= 0.3 is 0 Å². The van der Waals surface area contributed by atoms with Gasteiger partial charge in [-0.2, -0.15) is 5.10 Å². The van der Waals surface area contributed by atoms with Crippen molar-refractivity contribution in [2.24, 2.45) is 0 Å². The van der Waals surface area contributed by atoms with Crippen LogP contribution in [0.5, 0.6) is 0 Å². The highest BCUT2D eigenvalue weighted by atomic mass is 79.9. The molecule has 0 spiro atoms. The van der Waals surface area contributed by atoms with Crippen LogP contribution < -0.4 is 0 Å². The molecule has 0 atom stereocenters. The zero-order chi connectivity index (χ0) is 5.98. The molecule has 0 saturated carbocycles. The van der Waals surface area contributed by atoms with E-state index < -0.39 is 0 Å². The van der Waals surface area contributed by atoms with Crippen LogP contribution in [-0.4, -0.2) is 10.2 Å². The Hall–Kier alpha value is -0.570. The molecule has 0 amide bonds. The predicted octanol–water partition coefficient (Wildman–Crippen LogP) is 1.82. The van der Waals surface area contributed by atoms with Gasteiger partial charge in [0.2, 0.25) is 0 Å². The van der Waals surface area contributed by atoms with Crippen LogP contribution in [0.25, 0.3) is 6.08 Å². The largest absolute Gasteiger partial charge is 0.277 e. The average Bonchev–Trinajstić information content (AvgIpc) is 2.14. The lowest BCUT2D eigenvalue weighted by atomic mass is 10.4. The third kappa shape index (κ3) is 0.980. The number of nitrogens with one attached hydrogen (secondary N) is 1. The molecule has 0 aliphatic carbocycles. The molecule has 2 nitrogen and oxygen atoms in total. The Labute approximate surface area is 55.7 Å². The van der Waals surface area contributed by atoms with Crippen LogP contribution in [0.2, 0.25) is 0 Å². The number of hydrogen-bond donors (Lipinski definition) is 1. The van der Waals surface area contributed by atoms with Gasteiger partial charge in [0, 0.05) is 0 Å². The van der Waals surface area contributed by atoms with E-state index in [1.54, 1.807) is 6.08 Å². The lowest BCUT2D eigenvalue weighted by Gasteiger charge is -1.72. The van der Waals surface area contributed by atoms with E-state index in [9.17, 15) is 0 Å². The highest BCUT2D eigenvalue weighted by Crippen LogP contribution is 2.06. The number of aromatic nitrogens is 2. The second kappa shape index (κ2) is 2.13. The molecule has 1 aromatic rings. The lowest BCUT2D eigenvalue weighted by molar-refractivity contribution is 1.06. The molecule has 0 unspecified atom stereocenters. The molecule has 0 radical (unpaired) electrons. The summed E-state index contributed by atoms with van der Waals surface area (Å²) in [6.45, 7) is 3.55. The van der Waals surface area contributed by atoms with Crippen LogP contribution in [0.1, 0.15) is 5.69 Å². The molecule has 0 aliphatic rings. The Balaban J connectivity index is 3.00.